The van der Waals surface area contributed by atoms with E-state index < -0.39 is 12.1 Å². The molecule has 46 heavy (non-hydrogen) atoms. The number of piperazine rings is 1. The average Bonchev–Trinajstić information content (AvgIpc) is 3.68. The molecule has 0 spiro atoms. The number of likely N-dealkylation sites (tertiary alicyclic amines) is 1. The van der Waals surface area contributed by atoms with Gasteiger partial charge in [-0.15, -0.1) is 0 Å². The number of rotatable bonds is 10. The quantitative estimate of drug-likeness (QED) is 0.410. The number of aromatic nitrogens is 1. The lowest BCUT2D eigenvalue weighted by Crippen LogP contribution is -2.59. The highest BCUT2D eigenvalue weighted by atomic mass is 16.5. The summed E-state index contributed by atoms with van der Waals surface area (Å²) in [4.78, 5) is 60.6. The molecule has 1 saturated carbocycles. The van der Waals surface area contributed by atoms with Crippen LogP contribution in [0.5, 0.6) is 5.75 Å². The third kappa shape index (κ3) is 6.73. The van der Waals surface area contributed by atoms with E-state index in [1.807, 2.05) is 30.1 Å². The maximum absolute atomic E-state index is 14.3. The molecule has 2 saturated heterocycles. The van der Waals surface area contributed by atoms with Gasteiger partial charge in [-0.05, 0) is 57.7 Å². The molecule has 5 rings (SSSR count). The molecule has 3 atom stereocenters. The van der Waals surface area contributed by atoms with Crippen LogP contribution in [0.4, 0.5) is 0 Å². The van der Waals surface area contributed by atoms with Gasteiger partial charge in [0.05, 0.1) is 36.9 Å². The number of benzene rings is 1. The number of hydrogen-bond acceptors (Lipinski definition) is 7. The molecule has 12 heteroatoms. The van der Waals surface area contributed by atoms with Crippen molar-refractivity contribution in [2.24, 2.45) is 13.0 Å². The van der Waals surface area contributed by atoms with Crippen molar-refractivity contribution in [2.45, 2.75) is 70.0 Å². The van der Waals surface area contributed by atoms with Crippen LogP contribution in [0.3, 0.4) is 0 Å². The summed E-state index contributed by atoms with van der Waals surface area (Å²) in [7, 11) is 6.77. The fourth-order valence-electron chi connectivity index (χ4n) is 7.36. The second kappa shape index (κ2) is 14.8. The summed E-state index contributed by atoms with van der Waals surface area (Å²) in [5.41, 5.74) is 1.47. The molecule has 3 heterocycles. The van der Waals surface area contributed by atoms with Gasteiger partial charge < -0.3 is 39.4 Å². The zero-order valence-corrected chi connectivity index (χ0v) is 28.0. The Bertz CT molecular complexity index is 1430. The molecule has 1 aliphatic carbocycles. The van der Waals surface area contributed by atoms with Gasteiger partial charge >= 0.3 is 0 Å². The van der Waals surface area contributed by atoms with Crippen LogP contribution in [0, 0.1) is 5.92 Å². The monoisotopic (exact) mass is 638 g/mol. The lowest BCUT2D eigenvalue weighted by molar-refractivity contribution is -0.140. The van der Waals surface area contributed by atoms with Crippen molar-refractivity contribution in [3.63, 3.8) is 0 Å². The first kappa shape index (κ1) is 33.7. The van der Waals surface area contributed by atoms with E-state index in [1.165, 1.54) is 0 Å². The third-order valence-corrected chi connectivity index (χ3v) is 10.2. The molecule has 0 bridgehead atoms. The van der Waals surface area contributed by atoms with Gasteiger partial charge in [-0.1, -0.05) is 19.3 Å². The smallest absolute Gasteiger partial charge is 0.271 e. The summed E-state index contributed by atoms with van der Waals surface area (Å²) in [6, 6.07) is 4.49. The predicted molar refractivity (Wildman–Crippen MR) is 175 cm³/mol. The number of carbonyl (C=O) groups excluding carboxylic acids is 4. The Kier molecular flexibility index (Phi) is 10.9. The summed E-state index contributed by atoms with van der Waals surface area (Å²) in [5.74, 6) is 0.0603. The number of amides is 4. The number of likely N-dealkylation sites (N-methyl/N-ethyl adjacent to an activating group) is 1. The maximum Gasteiger partial charge on any atom is 0.271 e. The number of carbonyl (C=O) groups is 4. The molecule has 2 N–H and O–H groups in total. The second-order valence-corrected chi connectivity index (χ2v) is 12.9. The second-order valence-electron chi connectivity index (χ2n) is 12.9. The standard InChI is InChI=1S/C34H50N6O6/c1-22(35-2)31(41)36-29(23-10-7-6-8-11-23)33(43)38-16-18-39(19-17-38)34(44)30-28(32(42)40-15-9-12-24(40)21-45-4)26-14-13-25(46-5)20-27(26)37(30)3/h13-14,20,22-24,29,35H,6-12,15-19,21H2,1-5H3,(H,36,41)/t22?,24-,29?/m0/s1. The van der Waals surface area contributed by atoms with Crippen molar-refractivity contribution in [2.75, 3.05) is 60.6 Å². The fourth-order valence-corrected chi connectivity index (χ4v) is 7.36. The van der Waals surface area contributed by atoms with E-state index in [2.05, 4.69) is 10.6 Å². The molecule has 252 valence electrons. The van der Waals surface area contributed by atoms with Crippen LogP contribution in [-0.4, -0.2) is 122 Å². The van der Waals surface area contributed by atoms with Gasteiger partial charge in [-0.2, -0.15) is 0 Å². The van der Waals surface area contributed by atoms with Gasteiger partial charge in [-0.25, -0.2) is 0 Å². The van der Waals surface area contributed by atoms with Crippen molar-refractivity contribution < 1.29 is 28.7 Å². The molecule has 3 fully saturated rings. The molecule has 3 aliphatic rings. The summed E-state index contributed by atoms with van der Waals surface area (Å²) < 4.78 is 12.7. The maximum atomic E-state index is 14.3. The Balaban J connectivity index is 1.38. The van der Waals surface area contributed by atoms with E-state index >= 15 is 0 Å². The van der Waals surface area contributed by atoms with Crippen LogP contribution >= 0.6 is 0 Å². The van der Waals surface area contributed by atoms with E-state index in [0.29, 0.717) is 61.7 Å². The summed E-state index contributed by atoms with van der Waals surface area (Å²) >= 11 is 0. The number of ether oxygens (including phenoxy) is 2. The minimum Gasteiger partial charge on any atom is -0.497 e. The number of fused-ring (bicyclic) bond motifs is 1. The molecular formula is C34H50N6O6. The Morgan fingerprint density at radius 2 is 1.61 bits per heavy atom. The van der Waals surface area contributed by atoms with Gasteiger partial charge in [0.1, 0.15) is 17.5 Å². The van der Waals surface area contributed by atoms with E-state index in [-0.39, 0.29) is 35.6 Å². The predicted octanol–water partition coefficient (Wildman–Crippen LogP) is 2.40. The van der Waals surface area contributed by atoms with Gasteiger partial charge in [-0.3, -0.25) is 19.2 Å². The van der Waals surface area contributed by atoms with Crippen molar-refractivity contribution in [3.05, 3.63) is 29.5 Å². The molecule has 12 nitrogen and oxygen atoms in total. The zero-order valence-electron chi connectivity index (χ0n) is 28.0. The topological polar surface area (TPSA) is 125 Å². The summed E-state index contributed by atoms with van der Waals surface area (Å²) in [5, 5.41) is 6.71. The van der Waals surface area contributed by atoms with Crippen LogP contribution in [0.1, 0.15) is 72.7 Å². The number of hydrogen-bond donors (Lipinski definition) is 2. The summed E-state index contributed by atoms with van der Waals surface area (Å²) in [6.07, 6.45) is 6.81. The Hall–Kier alpha value is -3.64. The number of methoxy groups -OCH3 is 2. The Morgan fingerprint density at radius 1 is 0.913 bits per heavy atom. The van der Waals surface area contributed by atoms with Crippen molar-refractivity contribution in [3.8, 4) is 5.75 Å². The lowest BCUT2D eigenvalue weighted by Gasteiger charge is -2.39. The first-order valence-corrected chi connectivity index (χ1v) is 16.7. The Morgan fingerprint density at radius 3 is 2.26 bits per heavy atom. The third-order valence-electron chi connectivity index (χ3n) is 10.2. The van der Waals surface area contributed by atoms with Gasteiger partial charge in [0.2, 0.25) is 11.8 Å². The number of nitrogens with zero attached hydrogens (tertiary/aromatic N) is 4. The van der Waals surface area contributed by atoms with E-state index in [4.69, 9.17) is 9.47 Å². The van der Waals surface area contributed by atoms with E-state index in [9.17, 15) is 19.2 Å². The number of aryl methyl sites for hydroxylation is 1. The van der Waals surface area contributed by atoms with Crippen molar-refractivity contribution in [1.29, 1.82) is 0 Å². The molecule has 1 aromatic carbocycles. The normalized spacial score (nSPS) is 20.5. The zero-order chi connectivity index (χ0) is 33.0. The minimum absolute atomic E-state index is 0.0442. The molecule has 2 aromatic rings. The van der Waals surface area contributed by atoms with Gasteiger partial charge in [0, 0.05) is 58.3 Å². The molecule has 4 amide bonds. The highest BCUT2D eigenvalue weighted by molar-refractivity contribution is 6.16. The first-order valence-electron chi connectivity index (χ1n) is 16.7. The molecule has 1 aromatic heterocycles. The van der Waals surface area contributed by atoms with Gasteiger partial charge in [0.25, 0.3) is 11.8 Å². The van der Waals surface area contributed by atoms with E-state index in [0.717, 1.165) is 50.5 Å². The fraction of sp³-hybridized carbons (Fsp3) is 0.647. The van der Waals surface area contributed by atoms with Crippen LogP contribution in [0.25, 0.3) is 10.9 Å². The lowest BCUT2D eigenvalue weighted by atomic mass is 9.83. The average molecular weight is 639 g/mol. The largest absolute Gasteiger partial charge is 0.497 e. The summed E-state index contributed by atoms with van der Waals surface area (Å²) in [6.45, 7) is 4.21. The molecule has 2 aliphatic heterocycles. The molecule has 0 radical (unpaired) electrons. The molecular weight excluding hydrogens is 588 g/mol. The van der Waals surface area contributed by atoms with Crippen LogP contribution in [0.15, 0.2) is 18.2 Å². The molecule has 2 unspecified atom stereocenters. The highest BCUT2D eigenvalue weighted by Gasteiger charge is 2.39. The highest BCUT2D eigenvalue weighted by Crippen LogP contribution is 2.33. The Labute approximate surface area is 271 Å². The van der Waals surface area contributed by atoms with E-state index in [1.54, 1.807) is 42.6 Å². The minimum atomic E-state index is -0.580. The van der Waals surface area contributed by atoms with Crippen molar-refractivity contribution >= 4 is 34.5 Å². The van der Waals surface area contributed by atoms with Crippen LogP contribution in [0.2, 0.25) is 0 Å². The number of nitrogens with one attached hydrogen (secondary N) is 2. The van der Waals surface area contributed by atoms with Gasteiger partial charge in [0.15, 0.2) is 0 Å². The SMILES string of the molecule is CNC(C)C(=O)NC(C(=O)N1CCN(C(=O)c2c(C(=O)N3CCC[C@H]3COC)c3ccc(OC)cc3n2C)CC1)C1CCCCC1. The first-order chi connectivity index (χ1) is 22.2. The van der Waals surface area contributed by atoms with Crippen LogP contribution < -0.4 is 15.4 Å². The van der Waals surface area contributed by atoms with Crippen LogP contribution in [-0.2, 0) is 21.4 Å². The van der Waals surface area contributed by atoms with Crippen molar-refractivity contribution in [1.82, 2.24) is 29.9 Å².